The zero-order valence-electron chi connectivity index (χ0n) is 9.28. The van der Waals surface area contributed by atoms with Crippen LogP contribution in [0.2, 0.25) is 0 Å². The highest BCUT2D eigenvalue weighted by molar-refractivity contribution is 7.09. The maximum Gasteiger partial charge on any atom is 0.270 e. The average molecular weight is 266 g/mol. The summed E-state index contributed by atoms with van der Waals surface area (Å²) in [5, 5.41) is 8.26. The van der Waals surface area contributed by atoms with Crippen LogP contribution in [-0.2, 0) is 11.3 Å². The predicted molar refractivity (Wildman–Crippen MR) is 66.3 cm³/mol. The first-order chi connectivity index (χ1) is 7.27. The van der Waals surface area contributed by atoms with Crippen molar-refractivity contribution in [3.05, 3.63) is 16.1 Å². The largest absolute Gasteiger partial charge is 0.378 e. The molecule has 1 rings (SSSR count). The number of ether oxygens (including phenoxy) is 1. The normalized spacial score (nSPS) is 9.62. The van der Waals surface area contributed by atoms with Gasteiger partial charge in [0.05, 0.1) is 6.61 Å². The third-order valence-electron chi connectivity index (χ3n) is 1.71. The molecule has 92 valence electrons. The number of amides is 1. The molecule has 0 aliphatic rings. The lowest BCUT2D eigenvalue weighted by atomic mass is 10.4. The lowest BCUT2D eigenvalue weighted by molar-refractivity contribution is 0.0949. The van der Waals surface area contributed by atoms with E-state index in [4.69, 9.17) is 4.74 Å². The topological polar surface area (TPSA) is 63.2 Å². The van der Waals surface area contributed by atoms with E-state index in [1.54, 1.807) is 12.5 Å². The van der Waals surface area contributed by atoms with E-state index >= 15 is 0 Å². The van der Waals surface area contributed by atoms with Gasteiger partial charge in [-0.25, -0.2) is 4.98 Å². The Morgan fingerprint density at radius 3 is 2.94 bits per heavy atom. The lowest BCUT2D eigenvalue weighted by Gasteiger charge is -2.01. The van der Waals surface area contributed by atoms with Crippen molar-refractivity contribution >= 4 is 29.7 Å². The number of nitrogens with zero attached hydrogens (tertiary/aromatic N) is 1. The standard InChI is InChI=1S/C9H15N3O2S.ClH/c1-10-3-4-11-9(13)7-6-15-8(12-7)5-14-2;/h6,10H,3-5H2,1-2H3,(H,11,13);1H. The zero-order valence-corrected chi connectivity index (χ0v) is 10.9. The summed E-state index contributed by atoms with van der Waals surface area (Å²) in [6.45, 7) is 1.81. The highest BCUT2D eigenvalue weighted by atomic mass is 35.5. The number of methoxy groups -OCH3 is 1. The first-order valence-electron chi connectivity index (χ1n) is 4.64. The van der Waals surface area contributed by atoms with E-state index in [-0.39, 0.29) is 18.3 Å². The van der Waals surface area contributed by atoms with Crippen LogP contribution >= 0.6 is 23.7 Å². The number of likely N-dealkylation sites (N-methyl/N-ethyl adjacent to an activating group) is 1. The fraction of sp³-hybridized carbons (Fsp3) is 0.556. The van der Waals surface area contributed by atoms with Gasteiger partial charge in [-0.1, -0.05) is 0 Å². The van der Waals surface area contributed by atoms with Crippen LogP contribution in [0.1, 0.15) is 15.5 Å². The smallest absolute Gasteiger partial charge is 0.270 e. The maximum atomic E-state index is 11.5. The predicted octanol–water partition coefficient (Wildman–Crippen LogP) is 0.660. The average Bonchev–Trinajstić information content (AvgIpc) is 2.67. The second-order valence-corrected chi connectivity index (χ2v) is 3.86. The number of thiazole rings is 1. The third-order valence-corrected chi connectivity index (χ3v) is 2.54. The van der Waals surface area contributed by atoms with E-state index in [1.807, 2.05) is 7.05 Å². The molecule has 0 spiro atoms. The third kappa shape index (κ3) is 4.89. The molecule has 0 saturated carbocycles. The number of carbonyl (C=O) groups excluding carboxylic acids is 1. The van der Waals surface area contributed by atoms with E-state index in [2.05, 4.69) is 15.6 Å². The van der Waals surface area contributed by atoms with Gasteiger partial charge in [0.2, 0.25) is 0 Å². The van der Waals surface area contributed by atoms with Crippen molar-refractivity contribution in [3.8, 4) is 0 Å². The molecule has 2 N–H and O–H groups in total. The molecule has 0 bridgehead atoms. The molecule has 0 radical (unpaired) electrons. The number of hydrogen-bond donors (Lipinski definition) is 2. The van der Waals surface area contributed by atoms with Gasteiger partial charge in [0, 0.05) is 25.6 Å². The van der Waals surface area contributed by atoms with Crippen molar-refractivity contribution in [2.45, 2.75) is 6.61 Å². The Morgan fingerprint density at radius 2 is 2.31 bits per heavy atom. The summed E-state index contributed by atoms with van der Waals surface area (Å²) >= 11 is 1.43. The number of hydrogen-bond acceptors (Lipinski definition) is 5. The molecule has 1 heterocycles. The second-order valence-electron chi connectivity index (χ2n) is 2.92. The molecule has 1 amide bonds. The van der Waals surface area contributed by atoms with E-state index in [1.165, 1.54) is 11.3 Å². The number of halogens is 1. The van der Waals surface area contributed by atoms with Gasteiger partial charge in [0.25, 0.3) is 5.91 Å². The molecule has 0 fully saturated rings. The SMILES string of the molecule is CNCCNC(=O)c1csc(COC)n1.Cl. The van der Waals surface area contributed by atoms with E-state index in [0.717, 1.165) is 11.6 Å². The molecule has 0 unspecified atom stereocenters. The minimum atomic E-state index is -0.135. The second kappa shape index (κ2) is 8.46. The molecule has 1 aromatic heterocycles. The molecular weight excluding hydrogens is 250 g/mol. The maximum absolute atomic E-state index is 11.5. The zero-order chi connectivity index (χ0) is 11.1. The van der Waals surface area contributed by atoms with E-state index in [0.29, 0.717) is 18.8 Å². The van der Waals surface area contributed by atoms with Crippen molar-refractivity contribution in [1.82, 2.24) is 15.6 Å². The molecule has 0 atom stereocenters. The Labute approximate surface area is 105 Å². The Morgan fingerprint density at radius 1 is 1.56 bits per heavy atom. The number of carbonyl (C=O) groups is 1. The van der Waals surface area contributed by atoms with Crippen molar-refractivity contribution in [2.75, 3.05) is 27.2 Å². The van der Waals surface area contributed by atoms with Crippen LogP contribution < -0.4 is 10.6 Å². The van der Waals surface area contributed by atoms with Crippen molar-refractivity contribution < 1.29 is 9.53 Å². The minimum absolute atomic E-state index is 0. The van der Waals surface area contributed by atoms with Crippen LogP contribution in [0.15, 0.2) is 5.38 Å². The molecule has 16 heavy (non-hydrogen) atoms. The number of nitrogens with one attached hydrogen (secondary N) is 2. The highest BCUT2D eigenvalue weighted by Gasteiger charge is 2.09. The molecule has 0 aliphatic heterocycles. The first-order valence-corrected chi connectivity index (χ1v) is 5.52. The van der Waals surface area contributed by atoms with Gasteiger partial charge in [0.15, 0.2) is 0 Å². The highest BCUT2D eigenvalue weighted by Crippen LogP contribution is 2.10. The van der Waals surface area contributed by atoms with Gasteiger partial charge in [0.1, 0.15) is 10.7 Å². The molecular formula is C9H16ClN3O2S. The summed E-state index contributed by atoms with van der Waals surface area (Å²) < 4.78 is 4.93. The monoisotopic (exact) mass is 265 g/mol. The summed E-state index contributed by atoms with van der Waals surface area (Å²) in [7, 11) is 3.44. The van der Waals surface area contributed by atoms with Gasteiger partial charge in [-0.2, -0.15) is 0 Å². The summed E-state index contributed by atoms with van der Waals surface area (Å²) in [5.74, 6) is -0.135. The van der Waals surface area contributed by atoms with Crippen LogP contribution in [0.3, 0.4) is 0 Å². The summed E-state index contributed by atoms with van der Waals surface area (Å²) in [5.41, 5.74) is 0.461. The fourth-order valence-corrected chi connectivity index (χ4v) is 1.74. The summed E-state index contributed by atoms with van der Waals surface area (Å²) in [6, 6.07) is 0. The summed E-state index contributed by atoms with van der Waals surface area (Å²) in [4.78, 5) is 15.6. The van der Waals surface area contributed by atoms with Crippen LogP contribution in [0, 0.1) is 0 Å². The first kappa shape index (κ1) is 15.3. The van der Waals surface area contributed by atoms with E-state index < -0.39 is 0 Å². The van der Waals surface area contributed by atoms with Crippen LogP contribution in [0.5, 0.6) is 0 Å². The van der Waals surface area contributed by atoms with Gasteiger partial charge >= 0.3 is 0 Å². The van der Waals surface area contributed by atoms with Crippen molar-refractivity contribution in [2.24, 2.45) is 0 Å². The quantitative estimate of drug-likeness (QED) is 0.742. The lowest BCUT2D eigenvalue weighted by Crippen LogP contribution is -2.30. The van der Waals surface area contributed by atoms with Gasteiger partial charge in [-0.05, 0) is 7.05 Å². The summed E-state index contributed by atoms with van der Waals surface area (Å²) in [6.07, 6.45) is 0. The number of aromatic nitrogens is 1. The Kier molecular flexibility index (Phi) is 8.10. The molecule has 0 saturated heterocycles. The van der Waals surface area contributed by atoms with Crippen LogP contribution in [0.25, 0.3) is 0 Å². The molecule has 5 nitrogen and oxygen atoms in total. The molecule has 7 heteroatoms. The Hall–Kier alpha value is -0.690. The van der Waals surface area contributed by atoms with Crippen LogP contribution in [-0.4, -0.2) is 38.1 Å². The van der Waals surface area contributed by atoms with Crippen molar-refractivity contribution in [1.29, 1.82) is 0 Å². The molecule has 0 aliphatic carbocycles. The Balaban J connectivity index is 0.00000225. The van der Waals surface area contributed by atoms with Gasteiger partial charge < -0.3 is 15.4 Å². The fourth-order valence-electron chi connectivity index (χ4n) is 0.997. The number of rotatable bonds is 6. The Bertz CT molecular complexity index is 319. The minimum Gasteiger partial charge on any atom is -0.378 e. The van der Waals surface area contributed by atoms with Crippen LogP contribution in [0.4, 0.5) is 0 Å². The van der Waals surface area contributed by atoms with Crippen molar-refractivity contribution in [3.63, 3.8) is 0 Å². The van der Waals surface area contributed by atoms with E-state index in [9.17, 15) is 4.79 Å². The van der Waals surface area contributed by atoms with Gasteiger partial charge in [-0.3, -0.25) is 4.79 Å². The molecule has 1 aromatic rings. The molecule has 0 aromatic carbocycles. The van der Waals surface area contributed by atoms with Gasteiger partial charge in [-0.15, -0.1) is 23.7 Å².